The highest BCUT2D eigenvalue weighted by Crippen LogP contribution is 2.36. The van der Waals surface area contributed by atoms with Crippen molar-refractivity contribution >= 4 is 57.2 Å². The monoisotopic (exact) mass is 580 g/mol. The van der Waals surface area contributed by atoms with E-state index in [0.717, 1.165) is 18.4 Å². The number of ether oxygens (including phenoxy) is 3. The lowest BCUT2D eigenvalue weighted by molar-refractivity contribution is -0.139. The zero-order valence-corrected chi connectivity index (χ0v) is 22.1. The largest absolute Gasteiger partial charge is 0.493 e. The molecule has 0 unspecified atom stereocenters. The summed E-state index contributed by atoms with van der Waals surface area (Å²) >= 11 is 9.48. The summed E-state index contributed by atoms with van der Waals surface area (Å²) in [5.41, 5.74) is 4.07. The molecule has 1 aliphatic heterocycles. The molecule has 1 atom stereocenters. The van der Waals surface area contributed by atoms with Crippen LogP contribution in [0.5, 0.6) is 11.5 Å². The van der Waals surface area contributed by atoms with E-state index in [9.17, 15) is 14.4 Å². The van der Waals surface area contributed by atoms with Crippen LogP contribution in [0.15, 0.2) is 39.9 Å². The summed E-state index contributed by atoms with van der Waals surface area (Å²) in [6.07, 6.45) is 3.07. The summed E-state index contributed by atoms with van der Waals surface area (Å²) in [5, 5.41) is 9.64. The summed E-state index contributed by atoms with van der Waals surface area (Å²) in [5.74, 6) is -1.42. The molecule has 0 saturated carbocycles. The van der Waals surface area contributed by atoms with Crippen molar-refractivity contribution in [1.82, 2.24) is 10.7 Å². The summed E-state index contributed by atoms with van der Waals surface area (Å²) in [6.45, 7) is 2.47. The number of benzene rings is 2. The molecule has 1 saturated heterocycles. The minimum Gasteiger partial charge on any atom is -0.493 e. The van der Waals surface area contributed by atoms with Crippen LogP contribution in [0.2, 0.25) is 5.02 Å². The quantitative estimate of drug-likeness (QED) is 0.237. The van der Waals surface area contributed by atoms with Crippen molar-refractivity contribution in [1.29, 1.82) is 0 Å². The number of anilines is 1. The fourth-order valence-corrected chi connectivity index (χ4v) is 4.08. The van der Waals surface area contributed by atoms with Gasteiger partial charge in [0.1, 0.15) is 0 Å². The molecular weight excluding hydrogens is 556 g/mol. The Bertz CT molecular complexity index is 1150. The number of halogens is 2. The molecule has 0 spiro atoms. The molecule has 1 fully saturated rings. The molecule has 2 aromatic carbocycles. The number of nitrogens with one attached hydrogen (secondary N) is 3. The van der Waals surface area contributed by atoms with Gasteiger partial charge in [0.25, 0.3) is 5.91 Å². The Morgan fingerprint density at radius 1 is 1.28 bits per heavy atom. The van der Waals surface area contributed by atoms with Gasteiger partial charge in [-0.25, -0.2) is 5.43 Å². The van der Waals surface area contributed by atoms with E-state index in [1.807, 2.05) is 0 Å². The molecule has 36 heavy (non-hydrogen) atoms. The molecule has 2 aromatic rings. The molecule has 12 heteroatoms. The lowest BCUT2D eigenvalue weighted by Crippen LogP contribution is -2.41. The van der Waals surface area contributed by atoms with E-state index in [1.165, 1.54) is 13.3 Å². The van der Waals surface area contributed by atoms with Gasteiger partial charge in [0.2, 0.25) is 0 Å². The van der Waals surface area contributed by atoms with E-state index in [2.05, 4.69) is 37.1 Å². The maximum Gasteiger partial charge on any atom is 0.329 e. The lowest BCUT2D eigenvalue weighted by atomic mass is 10.2. The molecule has 3 N–H and O–H groups in total. The van der Waals surface area contributed by atoms with Gasteiger partial charge in [0, 0.05) is 23.9 Å². The van der Waals surface area contributed by atoms with Gasteiger partial charge in [-0.05, 0) is 71.1 Å². The Morgan fingerprint density at radius 3 is 2.81 bits per heavy atom. The Kier molecular flexibility index (Phi) is 10.1. The zero-order valence-electron chi connectivity index (χ0n) is 19.7. The van der Waals surface area contributed by atoms with Crippen LogP contribution in [0.25, 0.3) is 0 Å². The molecule has 10 nitrogen and oxygen atoms in total. The number of methoxy groups -OCH3 is 1. The van der Waals surface area contributed by atoms with E-state index in [1.54, 1.807) is 37.3 Å². The van der Waals surface area contributed by atoms with E-state index in [-0.39, 0.29) is 25.2 Å². The van der Waals surface area contributed by atoms with E-state index < -0.39 is 11.8 Å². The second kappa shape index (κ2) is 13.2. The molecule has 1 aliphatic rings. The number of carbonyl (C=O) groups is 3. The maximum atomic E-state index is 12.4. The Hall–Kier alpha value is -3.15. The van der Waals surface area contributed by atoms with E-state index in [4.69, 9.17) is 25.8 Å². The van der Waals surface area contributed by atoms with Crippen LogP contribution in [-0.4, -0.2) is 56.9 Å². The van der Waals surface area contributed by atoms with E-state index >= 15 is 0 Å². The zero-order chi connectivity index (χ0) is 26.1. The maximum absolute atomic E-state index is 12.4. The first-order chi connectivity index (χ1) is 17.3. The predicted molar refractivity (Wildman–Crippen MR) is 139 cm³/mol. The van der Waals surface area contributed by atoms with Crippen LogP contribution in [0.4, 0.5) is 5.69 Å². The number of amides is 3. The molecule has 192 valence electrons. The summed E-state index contributed by atoms with van der Waals surface area (Å²) in [7, 11) is 1.45. The Labute approximate surface area is 221 Å². The molecule has 0 bridgehead atoms. The number of hydrogen-bond acceptors (Lipinski definition) is 7. The number of hydrazone groups is 1. The molecular formula is C24H26BrClN4O6. The average Bonchev–Trinajstić information content (AvgIpc) is 3.38. The molecule has 0 aromatic heterocycles. The van der Waals surface area contributed by atoms with E-state index in [0.29, 0.717) is 38.9 Å². The topological polar surface area (TPSA) is 127 Å². The first-order valence-corrected chi connectivity index (χ1v) is 12.2. The highest BCUT2D eigenvalue weighted by atomic mass is 79.9. The second-order valence-electron chi connectivity index (χ2n) is 7.83. The van der Waals surface area contributed by atoms with Crippen molar-refractivity contribution in [3.63, 3.8) is 0 Å². The van der Waals surface area contributed by atoms with Crippen LogP contribution in [0.1, 0.15) is 24.0 Å². The minimum absolute atomic E-state index is 0.0668. The first kappa shape index (κ1) is 27.4. The van der Waals surface area contributed by atoms with Gasteiger partial charge in [0.05, 0.1) is 23.9 Å². The van der Waals surface area contributed by atoms with Crippen molar-refractivity contribution < 1.29 is 28.6 Å². The van der Waals surface area contributed by atoms with Crippen molar-refractivity contribution in [2.45, 2.75) is 25.9 Å². The summed E-state index contributed by atoms with van der Waals surface area (Å²) in [4.78, 5) is 36.2. The third-order valence-electron chi connectivity index (χ3n) is 5.24. The SMILES string of the molecule is COc1cc(/C=N\NC(=O)C(=O)NC[C@@H]2CCCO2)cc(Br)c1OCC(=O)Nc1cccc(Cl)c1C. The lowest BCUT2D eigenvalue weighted by Gasteiger charge is -2.14. The summed E-state index contributed by atoms with van der Waals surface area (Å²) < 4.78 is 16.9. The fraction of sp³-hybridized carbons (Fsp3) is 0.333. The second-order valence-corrected chi connectivity index (χ2v) is 9.09. The third-order valence-corrected chi connectivity index (χ3v) is 6.24. The van der Waals surface area contributed by atoms with Crippen molar-refractivity contribution in [2.75, 3.05) is 32.2 Å². The van der Waals surface area contributed by atoms with Crippen LogP contribution in [0.3, 0.4) is 0 Å². The highest BCUT2D eigenvalue weighted by Gasteiger charge is 2.19. The average molecular weight is 582 g/mol. The van der Waals surface area contributed by atoms with Gasteiger partial charge in [-0.1, -0.05) is 17.7 Å². The molecule has 0 radical (unpaired) electrons. The number of rotatable bonds is 9. The van der Waals surface area contributed by atoms with Crippen LogP contribution in [-0.2, 0) is 19.1 Å². The van der Waals surface area contributed by atoms with Gasteiger partial charge >= 0.3 is 11.8 Å². The molecule has 0 aliphatic carbocycles. The smallest absolute Gasteiger partial charge is 0.329 e. The van der Waals surface area contributed by atoms with Crippen LogP contribution < -0.4 is 25.5 Å². The van der Waals surface area contributed by atoms with Gasteiger partial charge in [0.15, 0.2) is 18.1 Å². The van der Waals surface area contributed by atoms with Crippen LogP contribution >= 0.6 is 27.5 Å². The van der Waals surface area contributed by atoms with Crippen molar-refractivity contribution in [2.24, 2.45) is 5.10 Å². The van der Waals surface area contributed by atoms with Gasteiger partial charge < -0.3 is 24.8 Å². The first-order valence-electron chi connectivity index (χ1n) is 11.1. The Balaban J connectivity index is 1.54. The number of hydrogen-bond donors (Lipinski definition) is 3. The van der Waals surface area contributed by atoms with Gasteiger partial charge in [-0.3, -0.25) is 14.4 Å². The number of nitrogens with zero attached hydrogens (tertiary/aromatic N) is 1. The van der Waals surface area contributed by atoms with Crippen LogP contribution in [0, 0.1) is 6.92 Å². The van der Waals surface area contributed by atoms with Crippen molar-refractivity contribution in [3.8, 4) is 11.5 Å². The minimum atomic E-state index is -0.892. The Morgan fingerprint density at radius 2 is 2.08 bits per heavy atom. The van der Waals surface area contributed by atoms with Gasteiger partial charge in [-0.2, -0.15) is 5.10 Å². The normalized spacial score (nSPS) is 14.9. The molecule has 1 heterocycles. The van der Waals surface area contributed by atoms with Gasteiger partial charge in [-0.15, -0.1) is 0 Å². The number of carbonyl (C=O) groups excluding carboxylic acids is 3. The standard InChI is InChI=1S/C24H26BrClN4O6/c1-14-18(26)6-3-7-19(14)29-21(31)13-36-22-17(25)9-15(10-20(22)34-2)11-28-30-24(33)23(32)27-12-16-5-4-8-35-16/h3,6-7,9-11,16H,4-5,8,12-13H2,1-2H3,(H,27,32)(H,29,31)(H,30,33)/b28-11-/t16-/m0/s1. The summed E-state index contributed by atoms with van der Waals surface area (Å²) in [6, 6.07) is 8.49. The third kappa shape index (κ3) is 7.67. The fourth-order valence-electron chi connectivity index (χ4n) is 3.33. The predicted octanol–water partition coefficient (Wildman–Crippen LogP) is 3.18. The van der Waals surface area contributed by atoms with Crippen molar-refractivity contribution in [3.05, 3.63) is 51.0 Å². The highest BCUT2D eigenvalue weighted by molar-refractivity contribution is 9.10. The molecule has 3 amide bonds. The molecule has 3 rings (SSSR count).